The molecule has 0 aliphatic heterocycles. The summed E-state index contributed by atoms with van der Waals surface area (Å²) in [5.74, 6) is 0. The Morgan fingerprint density at radius 3 is 2.90 bits per heavy atom. The normalized spacial score (nSPS) is 11.6. The molecule has 1 N–H and O–H groups in total. The second-order valence-electron chi connectivity index (χ2n) is 5.28. The molecule has 3 aromatic rings. The average Bonchev–Trinajstić information content (AvgIpc) is 3.04. The zero-order valence-corrected chi connectivity index (χ0v) is 12.0. The number of nitrogens with one attached hydrogen (secondary N) is 1. The van der Waals surface area contributed by atoms with Crippen LogP contribution < -0.4 is 0 Å². The minimum Gasteiger partial charge on any atom is -0.348 e. The van der Waals surface area contributed by atoms with Crippen molar-refractivity contribution in [2.75, 3.05) is 13.6 Å². The van der Waals surface area contributed by atoms with Gasteiger partial charge in [-0.15, -0.1) is 0 Å². The fraction of sp³-hybridized carbons (Fsp3) is 0.312. The van der Waals surface area contributed by atoms with E-state index in [1.54, 1.807) is 6.33 Å². The predicted molar refractivity (Wildman–Crippen MR) is 81.6 cm³/mol. The fourth-order valence-electron chi connectivity index (χ4n) is 2.50. The van der Waals surface area contributed by atoms with Gasteiger partial charge in [-0.3, -0.25) is 4.90 Å². The largest absolute Gasteiger partial charge is 0.348 e. The molecule has 0 amide bonds. The minimum absolute atomic E-state index is 0.883. The maximum atomic E-state index is 4.35. The number of likely N-dealkylation sites (N-methyl/N-ethyl adjacent to an activating group) is 1. The number of aryl methyl sites for hydroxylation is 1. The van der Waals surface area contributed by atoms with Crippen LogP contribution in [0.1, 0.15) is 11.4 Å². The maximum Gasteiger partial charge on any atom is 0.0925 e. The van der Waals surface area contributed by atoms with Crippen molar-refractivity contribution in [2.45, 2.75) is 20.0 Å². The van der Waals surface area contributed by atoms with E-state index in [4.69, 9.17) is 0 Å². The Morgan fingerprint density at radius 2 is 2.10 bits per heavy atom. The number of nitrogens with zero attached hydrogens (tertiary/aromatic N) is 3. The van der Waals surface area contributed by atoms with Gasteiger partial charge in [0.05, 0.1) is 12.0 Å². The number of hydrogen-bond acceptors (Lipinski definition) is 2. The van der Waals surface area contributed by atoms with E-state index in [1.165, 1.54) is 10.9 Å². The van der Waals surface area contributed by atoms with Crippen molar-refractivity contribution in [3.63, 3.8) is 0 Å². The second kappa shape index (κ2) is 5.51. The Bertz CT molecular complexity index is 695. The third-order valence-electron chi connectivity index (χ3n) is 3.76. The first kappa shape index (κ1) is 12.9. The molecule has 0 bridgehead atoms. The van der Waals surface area contributed by atoms with Crippen molar-refractivity contribution in [3.05, 3.63) is 54.2 Å². The van der Waals surface area contributed by atoms with Crippen LogP contribution in [0.3, 0.4) is 0 Å². The molecule has 0 saturated carbocycles. The molecule has 0 aliphatic carbocycles. The first-order valence-electron chi connectivity index (χ1n) is 6.95. The molecule has 0 radical (unpaired) electrons. The molecular weight excluding hydrogens is 248 g/mol. The highest BCUT2D eigenvalue weighted by Gasteiger charge is 2.06. The SMILES string of the molecule is Cc1[nH]cnc1CN(C)CCn1ccc2ccccc21. The van der Waals surface area contributed by atoms with Crippen LogP contribution in [-0.4, -0.2) is 33.0 Å². The Balaban J connectivity index is 1.63. The van der Waals surface area contributed by atoms with Crippen LogP contribution in [-0.2, 0) is 13.1 Å². The van der Waals surface area contributed by atoms with Crippen molar-refractivity contribution in [1.29, 1.82) is 0 Å². The van der Waals surface area contributed by atoms with Gasteiger partial charge in [-0.25, -0.2) is 4.98 Å². The number of hydrogen-bond donors (Lipinski definition) is 1. The summed E-state index contributed by atoms with van der Waals surface area (Å²) in [6.07, 6.45) is 3.93. The van der Waals surface area contributed by atoms with Crippen LogP contribution in [0.25, 0.3) is 10.9 Å². The summed E-state index contributed by atoms with van der Waals surface area (Å²) in [5, 5.41) is 1.30. The number of fused-ring (bicyclic) bond motifs is 1. The van der Waals surface area contributed by atoms with Crippen LogP contribution in [0.2, 0.25) is 0 Å². The Hall–Kier alpha value is -2.07. The van der Waals surface area contributed by atoms with Gasteiger partial charge in [0, 0.05) is 37.0 Å². The van der Waals surface area contributed by atoms with E-state index in [2.05, 4.69) is 69.9 Å². The Morgan fingerprint density at radius 1 is 1.25 bits per heavy atom. The van der Waals surface area contributed by atoms with E-state index < -0.39 is 0 Å². The molecule has 0 fully saturated rings. The highest BCUT2D eigenvalue weighted by molar-refractivity contribution is 5.79. The molecule has 0 spiro atoms. The van der Waals surface area contributed by atoms with Gasteiger partial charge in [0.15, 0.2) is 0 Å². The molecule has 1 aromatic carbocycles. The fourth-order valence-corrected chi connectivity index (χ4v) is 2.50. The molecule has 3 rings (SSSR count). The minimum atomic E-state index is 0.883. The van der Waals surface area contributed by atoms with Crippen LogP contribution in [0.5, 0.6) is 0 Å². The van der Waals surface area contributed by atoms with Crippen molar-refractivity contribution in [3.8, 4) is 0 Å². The molecule has 0 aliphatic rings. The highest BCUT2D eigenvalue weighted by atomic mass is 15.1. The van der Waals surface area contributed by atoms with Gasteiger partial charge in [-0.05, 0) is 31.5 Å². The van der Waals surface area contributed by atoms with Gasteiger partial charge >= 0.3 is 0 Å². The lowest BCUT2D eigenvalue weighted by Crippen LogP contribution is -2.23. The van der Waals surface area contributed by atoms with Gasteiger partial charge in [0.1, 0.15) is 0 Å². The quantitative estimate of drug-likeness (QED) is 0.772. The second-order valence-corrected chi connectivity index (χ2v) is 5.28. The maximum absolute atomic E-state index is 4.35. The molecule has 0 atom stereocenters. The number of imidazole rings is 1. The topological polar surface area (TPSA) is 36.9 Å². The summed E-state index contributed by atoms with van der Waals surface area (Å²) in [4.78, 5) is 9.78. The van der Waals surface area contributed by atoms with Gasteiger partial charge in [-0.1, -0.05) is 18.2 Å². The number of benzene rings is 1. The van der Waals surface area contributed by atoms with Crippen LogP contribution >= 0.6 is 0 Å². The number of rotatable bonds is 5. The Kier molecular flexibility index (Phi) is 3.56. The van der Waals surface area contributed by atoms with E-state index in [-0.39, 0.29) is 0 Å². The van der Waals surface area contributed by atoms with Crippen LogP contribution in [0.15, 0.2) is 42.9 Å². The molecule has 2 aromatic heterocycles. The molecule has 0 unspecified atom stereocenters. The standard InChI is InChI=1S/C16H20N4/c1-13-15(18-12-17-13)11-19(2)9-10-20-8-7-14-5-3-4-6-16(14)20/h3-8,12H,9-11H2,1-2H3,(H,17,18). The van der Waals surface area contributed by atoms with Gasteiger partial charge in [0.25, 0.3) is 0 Å². The van der Waals surface area contributed by atoms with E-state index in [9.17, 15) is 0 Å². The molecule has 2 heterocycles. The third-order valence-corrected chi connectivity index (χ3v) is 3.76. The Labute approximate surface area is 119 Å². The zero-order valence-electron chi connectivity index (χ0n) is 12.0. The van der Waals surface area contributed by atoms with Gasteiger partial charge in [-0.2, -0.15) is 0 Å². The summed E-state index contributed by atoms with van der Waals surface area (Å²) < 4.78 is 2.31. The summed E-state index contributed by atoms with van der Waals surface area (Å²) >= 11 is 0. The third kappa shape index (κ3) is 2.60. The van der Waals surface area contributed by atoms with E-state index in [0.29, 0.717) is 0 Å². The van der Waals surface area contributed by atoms with Gasteiger partial charge < -0.3 is 9.55 Å². The molecular formula is C16H20N4. The zero-order chi connectivity index (χ0) is 13.9. The van der Waals surface area contributed by atoms with Crippen molar-refractivity contribution >= 4 is 10.9 Å². The number of aromatic nitrogens is 3. The lowest BCUT2D eigenvalue weighted by molar-refractivity contribution is 0.309. The molecule has 104 valence electrons. The lowest BCUT2D eigenvalue weighted by atomic mass is 10.2. The lowest BCUT2D eigenvalue weighted by Gasteiger charge is -2.16. The molecule has 4 heteroatoms. The van der Waals surface area contributed by atoms with E-state index >= 15 is 0 Å². The summed E-state index contributed by atoms with van der Waals surface area (Å²) in [6, 6.07) is 10.7. The highest BCUT2D eigenvalue weighted by Crippen LogP contribution is 2.15. The molecule has 4 nitrogen and oxygen atoms in total. The average molecular weight is 268 g/mol. The number of para-hydroxylation sites is 1. The molecule has 20 heavy (non-hydrogen) atoms. The monoisotopic (exact) mass is 268 g/mol. The molecule has 0 saturated heterocycles. The van der Waals surface area contributed by atoms with Crippen molar-refractivity contribution in [1.82, 2.24) is 19.4 Å². The van der Waals surface area contributed by atoms with Crippen LogP contribution in [0.4, 0.5) is 0 Å². The van der Waals surface area contributed by atoms with Crippen LogP contribution in [0, 0.1) is 6.92 Å². The van der Waals surface area contributed by atoms with E-state index in [1.807, 2.05) is 0 Å². The summed E-state index contributed by atoms with van der Waals surface area (Å²) in [5.41, 5.74) is 3.59. The summed E-state index contributed by atoms with van der Waals surface area (Å²) in [7, 11) is 2.14. The smallest absolute Gasteiger partial charge is 0.0925 e. The predicted octanol–water partition coefficient (Wildman–Crippen LogP) is 2.80. The number of H-pyrrole nitrogens is 1. The van der Waals surface area contributed by atoms with Gasteiger partial charge in [0.2, 0.25) is 0 Å². The first-order valence-corrected chi connectivity index (χ1v) is 6.95. The van der Waals surface area contributed by atoms with Crippen molar-refractivity contribution in [2.24, 2.45) is 0 Å². The van der Waals surface area contributed by atoms with E-state index in [0.717, 1.165) is 31.0 Å². The first-order chi connectivity index (χ1) is 9.74. The summed E-state index contributed by atoms with van der Waals surface area (Å²) in [6.45, 7) is 4.95. The van der Waals surface area contributed by atoms with Crippen molar-refractivity contribution < 1.29 is 0 Å². The number of aromatic amines is 1.